The van der Waals surface area contributed by atoms with Crippen LogP contribution in [0.25, 0.3) is 11.5 Å². The highest BCUT2D eigenvalue weighted by Crippen LogP contribution is 2.23. The van der Waals surface area contributed by atoms with E-state index in [1.165, 1.54) is 12.1 Å². The first kappa shape index (κ1) is 19.2. The second-order valence-electron chi connectivity index (χ2n) is 5.67. The van der Waals surface area contributed by atoms with Crippen molar-refractivity contribution in [3.05, 3.63) is 70.7 Å². The van der Waals surface area contributed by atoms with E-state index in [4.69, 9.17) is 4.42 Å². The van der Waals surface area contributed by atoms with E-state index in [0.29, 0.717) is 11.1 Å². The molecule has 1 heterocycles. The molecule has 3 aromatic rings. The molecule has 0 aliphatic rings. The van der Waals surface area contributed by atoms with Crippen LogP contribution in [0.1, 0.15) is 5.56 Å². The van der Waals surface area contributed by atoms with Gasteiger partial charge in [0.05, 0.1) is 0 Å². The number of nitrogens with one attached hydrogen (secondary N) is 1. The van der Waals surface area contributed by atoms with Crippen molar-refractivity contribution in [3.63, 3.8) is 0 Å². The summed E-state index contributed by atoms with van der Waals surface area (Å²) in [5.41, 5.74) is 0.979. The van der Waals surface area contributed by atoms with Crippen molar-refractivity contribution in [1.29, 1.82) is 0 Å². The minimum absolute atomic E-state index is 0.0496. The van der Waals surface area contributed by atoms with Gasteiger partial charge >= 0.3 is 12.1 Å². The van der Waals surface area contributed by atoms with Gasteiger partial charge in [0.1, 0.15) is 12.3 Å². The number of aromatic nitrogens is 2. The third-order valence-electron chi connectivity index (χ3n) is 3.54. The number of nitrogens with zero attached hydrogens (tertiary/aromatic N) is 2. The molecular weight excluding hydrogens is 379 g/mol. The zero-order chi connectivity index (χ0) is 20.1. The molecule has 0 fully saturated rings. The first-order chi connectivity index (χ1) is 13.3. The van der Waals surface area contributed by atoms with Crippen molar-refractivity contribution in [2.75, 3.05) is 0 Å². The van der Waals surface area contributed by atoms with Crippen LogP contribution in [0.3, 0.4) is 0 Å². The minimum atomic E-state index is -4.80. The highest BCUT2D eigenvalue weighted by atomic mass is 19.4. The van der Waals surface area contributed by atoms with E-state index >= 15 is 0 Å². The van der Waals surface area contributed by atoms with Crippen molar-refractivity contribution >= 4 is 5.91 Å². The largest absolute Gasteiger partial charge is 0.573 e. The quantitative estimate of drug-likeness (QED) is 0.696. The Bertz CT molecular complexity index is 1010. The van der Waals surface area contributed by atoms with Gasteiger partial charge in [-0.1, -0.05) is 30.3 Å². The van der Waals surface area contributed by atoms with Crippen LogP contribution in [0.5, 0.6) is 5.75 Å². The Kier molecular flexibility index (Phi) is 5.48. The summed E-state index contributed by atoms with van der Waals surface area (Å²) in [7, 11) is 0. The second kappa shape index (κ2) is 7.99. The average Bonchev–Trinajstić information content (AvgIpc) is 3.00. The van der Waals surface area contributed by atoms with Gasteiger partial charge in [-0.15, -0.1) is 18.3 Å². The summed E-state index contributed by atoms with van der Waals surface area (Å²) in [6, 6.07) is 13.9. The number of carbonyl (C=O) groups is 1. The number of alkyl halides is 3. The lowest BCUT2D eigenvalue weighted by atomic mass is 10.2. The molecule has 1 aromatic heterocycles. The summed E-state index contributed by atoms with van der Waals surface area (Å²) in [5, 5.41) is 6.46. The number of halogens is 3. The normalized spacial score (nSPS) is 11.2. The molecule has 3 rings (SSSR count). The number of hydrogen-bond donors (Lipinski definition) is 1. The maximum Gasteiger partial charge on any atom is 0.573 e. The van der Waals surface area contributed by atoms with Crippen LogP contribution < -0.4 is 15.8 Å². The Morgan fingerprint density at radius 3 is 2.61 bits per heavy atom. The summed E-state index contributed by atoms with van der Waals surface area (Å²) < 4.78 is 46.5. The molecule has 0 radical (unpaired) electrons. The van der Waals surface area contributed by atoms with E-state index in [1.54, 1.807) is 30.3 Å². The van der Waals surface area contributed by atoms with Crippen molar-refractivity contribution in [2.24, 2.45) is 0 Å². The van der Waals surface area contributed by atoms with Crippen LogP contribution in [0.2, 0.25) is 0 Å². The van der Waals surface area contributed by atoms with Crippen molar-refractivity contribution < 1.29 is 27.1 Å². The van der Waals surface area contributed by atoms with Crippen molar-refractivity contribution in [3.8, 4) is 17.2 Å². The predicted molar refractivity (Wildman–Crippen MR) is 91.2 cm³/mol. The third-order valence-corrected chi connectivity index (χ3v) is 3.54. The van der Waals surface area contributed by atoms with Gasteiger partial charge in [0.25, 0.3) is 0 Å². The van der Waals surface area contributed by atoms with Gasteiger partial charge in [-0.2, -0.15) is 4.68 Å². The van der Waals surface area contributed by atoms with E-state index in [1.807, 2.05) is 0 Å². The predicted octanol–water partition coefficient (Wildman–Crippen LogP) is 2.72. The van der Waals surface area contributed by atoms with Crippen LogP contribution in [0.4, 0.5) is 13.2 Å². The molecule has 0 bridgehead atoms. The van der Waals surface area contributed by atoms with E-state index in [0.717, 1.165) is 16.8 Å². The highest BCUT2D eigenvalue weighted by Gasteiger charge is 2.31. The van der Waals surface area contributed by atoms with Crippen LogP contribution in [0.15, 0.2) is 63.8 Å². The summed E-state index contributed by atoms with van der Waals surface area (Å²) in [4.78, 5) is 23.9. The summed E-state index contributed by atoms with van der Waals surface area (Å²) in [5.74, 6) is -1.67. The maximum absolute atomic E-state index is 12.3. The Labute approximate surface area is 156 Å². The van der Waals surface area contributed by atoms with Crippen molar-refractivity contribution in [2.45, 2.75) is 19.5 Å². The molecule has 0 aliphatic carbocycles. The molecule has 0 aliphatic heterocycles. The molecule has 0 unspecified atom stereocenters. The second-order valence-corrected chi connectivity index (χ2v) is 5.67. The molecule has 146 valence electrons. The number of rotatable bonds is 6. The third kappa shape index (κ3) is 5.22. The van der Waals surface area contributed by atoms with Gasteiger partial charge in [-0.25, -0.2) is 4.79 Å². The molecule has 1 N–H and O–H groups in total. The van der Waals surface area contributed by atoms with Crippen LogP contribution in [0, 0.1) is 0 Å². The average molecular weight is 393 g/mol. The Hall–Kier alpha value is -3.56. The van der Waals surface area contributed by atoms with Gasteiger partial charge in [0.15, 0.2) is 0 Å². The van der Waals surface area contributed by atoms with Gasteiger partial charge < -0.3 is 14.5 Å². The SMILES string of the molecule is O=C(Cn1nc(-c2ccccc2)oc1=O)NCc1cccc(OC(F)(F)F)c1. The lowest BCUT2D eigenvalue weighted by Crippen LogP contribution is -2.31. The van der Waals surface area contributed by atoms with E-state index < -0.39 is 24.6 Å². The molecule has 10 heteroatoms. The molecule has 0 atom stereocenters. The smallest absolute Gasteiger partial charge is 0.406 e. The monoisotopic (exact) mass is 393 g/mol. The molecule has 0 spiro atoms. The highest BCUT2D eigenvalue weighted by molar-refractivity contribution is 5.75. The fraction of sp³-hybridized carbons (Fsp3) is 0.167. The Balaban J connectivity index is 1.60. The van der Waals surface area contributed by atoms with Crippen molar-refractivity contribution in [1.82, 2.24) is 15.1 Å². The number of amides is 1. The van der Waals surface area contributed by atoms with Crippen LogP contribution in [-0.2, 0) is 17.9 Å². The summed E-state index contributed by atoms with van der Waals surface area (Å²) in [6.45, 7) is -0.445. The van der Waals surface area contributed by atoms with Gasteiger partial charge in [0, 0.05) is 12.1 Å². The fourth-order valence-electron chi connectivity index (χ4n) is 2.35. The molecule has 0 saturated carbocycles. The summed E-state index contributed by atoms with van der Waals surface area (Å²) in [6.07, 6.45) is -4.80. The summed E-state index contributed by atoms with van der Waals surface area (Å²) >= 11 is 0. The van der Waals surface area contributed by atoms with Gasteiger partial charge in [-0.05, 0) is 29.8 Å². The first-order valence-electron chi connectivity index (χ1n) is 8.05. The van der Waals surface area contributed by atoms with Crippen LogP contribution >= 0.6 is 0 Å². The fourth-order valence-corrected chi connectivity index (χ4v) is 2.35. The molecule has 28 heavy (non-hydrogen) atoms. The Morgan fingerprint density at radius 2 is 1.89 bits per heavy atom. The number of ether oxygens (including phenoxy) is 1. The molecule has 0 saturated heterocycles. The van der Waals surface area contributed by atoms with Gasteiger partial charge in [-0.3, -0.25) is 4.79 Å². The van der Waals surface area contributed by atoms with E-state index in [2.05, 4.69) is 15.2 Å². The number of hydrogen-bond acceptors (Lipinski definition) is 5. The lowest BCUT2D eigenvalue weighted by Gasteiger charge is -2.10. The van der Waals surface area contributed by atoms with E-state index in [9.17, 15) is 22.8 Å². The standard InChI is InChI=1S/C18H14F3N3O4/c19-18(20,21)28-14-8-4-5-12(9-14)10-22-15(25)11-24-17(26)27-16(23-24)13-6-2-1-3-7-13/h1-9H,10-11H2,(H,22,25). The minimum Gasteiger partial charge on any atom is -0.406 e. The molecule has 2 aromatic carbocycles. The topological polar surface area (TPSA) is 86.4 Å². The lowest BCUT2D eigenvalue weighted by molar-refractivity contribution is -0.274. The molecule has 7 nitrogen and oxygen atoms in total. The number of carbonyl (C=O) groups excluding carboxylic acids is 1. The molecule has 1 amide bonds. The van der Waals surface area contributed by atoms with Crippen LogP contribution in [-0.4, -0.2) is 22.1 Å². The molecular formula is C18H14F3N3O4. The van der Waals surface area contributed by atoms with Gasteiger partial charge in [0.2, 0.25) is 11.8 Å². The zero-order valence-electron chi connectivity index (χ0n) is 14.3. The number of benzene rings is 2. The first-order valence-corrected chi connectivity index (χ1v) is 8.05. The zero-order valence-corrected chi connectivity index (χ0v) is 14.3. The van der Waals surface area contributed by atoms with E-state index in [-0.39, 0.29) is 18.2 Å². The maximum atomic E-state index is 12.3. The Morgan fingerprint density at radius 1 is 1.14 bits per heavy atom.